The standard InChI is InChI=1S/C12H15NO4/c1-12(2)11(13)8-6(17-12)5-7(15-3)10(16-4)9(8)14/h5,13-14H,1-4H3. The second-order valence-corrected chi connectivity index (χ2v) is 4.32. The van der Waals surface area contributed by atoms with Crippen LogP contribution in [0, 0.1) is 5.41 Å². The van der Waals surface area contributed by atoms with Crippen LogP contribution in [0.4, 0.5) is 0 Å². The van der Waals surface area contributed by atoms with Gasteiger partial charge in [0.2, 0.25) is 5.75 Å². The third-order valence-corrected chi connectivity index (χ3v) is 2.83. The molecule has 0 bridgehead atoms. The van der Waals surface area contributed by atoms with E-state index < -0.39 is 5.60 Å². The van der Waals surface area contributed by atoms with Crippen molar-refractivity contribution in [2.45, 2.75) is 19.4 Å². The van der Waals surface area contributed by atoms with Gasteiger partial charge in [0.1, 0.15) is 11.4 Å². The number of hydrogen-bond donors (Lipinski definition) is 2. The molecule has 1 aliphatic rings. The van der Waals surface area contributed by atoms with Crippen molar-refractivity contribution >= 4 is 5.71 Å². The van der Waals surface area contributed by atoms with E-state index in [1.807, 2.05) is 0 Å². The first-order valence-electron chi connectivity index (χ1n) is 5.18. The molecule has 1 aromatic carbocycles. The zero-order chi connectivity index (χ0) is 12.8. The average molecular weight is 237 g/mol. The predicted molar refractivity (Wildman–Crippen MR) is 62.7 cm³/mol. The van der Waals surface area contributed by atoms with Gasteiger partial charge in [0.25, 0.3) is 0 Å². The molecule has 0 fully saturated rings. The van der Waals surface area contributed by atoms with Gasteiger partial charge in [0.05, 0.1) is 25.5 Å². The number of aromatic hydroxyl groups is 1. The molecule has 1 heterocycles. The second-order valence-electron chi connectivity index (χ2n) is 4.32. The Labute approximate surface area is 99.4 Å². The fourth-order valence-corrected chi connectivity index (χ4v) is 1.90. The van der Waals surface area contributed by atoms with Crippen molar-refractivity contribution < 1.29 is 19.3 Å². The van der Waals surface area contributed by atoms with Gasteiger partial charge in [-0.25, -0.2) is 0 Å². The lowest BCUT2D eigenvalue weighted by molar-refractivity contribution is 0.196. The van der Waals surface area contributed by atoms with Crippen LogP contribution in [0.25, 0.3) is 0 Å². The molecule has 2 N–H and O–H groups in total. The van der Waals surface area contributed by atoms with Crippen molar-refractivity contribution in [1.82, 2.24) is 0 Å². The number of methoxy groups -OCH3 is 2. The molecule has 5 heteroatoms. The molecular formula is C12H15NO4. The minimum Gasteiger partial charge on any atom is -0.504 e. The van der Waals surface area contributed by atoms with Gasteiger partial charge >= 0.3 is 0 Å². The van der Waals surface area contributed by atoms with E-state index in [2.05, 4.69) is 0 Å². The first-order chi connectivity index (χ1) is 7.92. The summed E-state index contributed by atoms with van der Waals surface area (Å²) in [6.07, 6.45) is 0. The van der Waals surface area contributed by atoms with Crippen molar-refractivity contribution in [3.8, 4) is 23.0 Å². The lowest BCUT2D eigenvalue weighted by Gasteiger charge is -2.17. The monoisotopic (exact) mass is 237 g/mol. The Hall–Kier alpha value is -1.91. The van der Waals surface area contributed by atoms with Crippen molar-refractivity contribution in [3.63, 3.8) is 0 Å². The lowest BCUT2D eigenvalue weighted by atomic mass is 9.97. The Balaban J connectivity index is 2.68. The van der Waals surface area contributed by atoms with Crippen LogP contribution in [0.1, 0.15) is 19.4 Å². The molecule has 0 saturated heterocycles. The van der Waals surface area contributed by atoms with Crippen LogP contribution in [0.2, 0.25) is 0 Å². The molecule has 0 spiro atoms. The summed E-state index contributed by atoms with van der Waals surface area (Å²) in [6.45, 7) is 3.54. The maximum Gasteiger partial charge on any atom is 0.204 e. The van der Waals surface area contributed by atoms with Crippen molar-refractivity contribution in [2.24, 2.45) is 0 Å². The molecule has 17 heavy (non-hydrogen) atoms. The SMILES string of the molecule is COc1cc2c(c(O)c1OC)C(=N)C(C)(C)O2. The lowest BCUT2D eigenvalue weighted by Crippen LogP contribution is -2.32. The Kier molecular flexibility index (Phi) is 2.41. The fourth-order valence-electron chi connectivity index (χ4n) is 1.90. The number of fused-ring (bicyclic) bond motifs is 1. The van der Waals surface area contributed by atoms with Crippen molar-refractivity contribution in [1.29, 1.82) is 5.41 Å². The fraction of sp³-hybridized carbons (Fsp3) is 0.417. The highest BCUT2D eigenvalue weighted by atomic mass is 16.5. The van der Waals surface area contributed by atoms with Crippen LogP contribution in [0.5, 0.6) is 23.0 Å². The minimum atomic E-state index is -0.753. The first kappa shape index (κ1) is 11.6. The number of hydrogen-bond acceptors (Lipinski definition) is 5. The summed E-state index contributed by atoms with van der Waals surface area (Å²) in [5, 5.41) is 18.1. The number of phenols is 1. The molecule has 92 valence electrons. The van der Waals surface area contributed by atoms with Gasteiger partial charge in [-0.15, -0.1) is 0 Å². The Morgan fingerprint density at radius 3 is 2.47 bits per heavy atom. The molecule has 0 saturated carbocycles. The highest BCUT2D eigenvalue weighted by molar-refractivity contribution is 6.11. The molecule has 0 aromatic heterocycles. The maximum absolute atomic E-state index is 10.1. The number of nitrogens with one attached hydrogen (secondary N) is 1. The Bertz CT molecular complexity index is 494. The average Bonchev–Trinajstić information content (AvgIpc) is 2.49. The largest absolute Gasteiger partial charge is 0.504 e. The smallest absolute Gasteiger partial charge is 0.204 e. The summed E-state index contributed by atoms with van der Waals surface area (Å²) >= 11 is 0. The second kappa shape index (κ2) is 3.55. The summed E-state index contributed by atoms with van der Waals surface area (Å²) in [5.74, 6) is 0.930. The molecule has 1 aromatic rings. The predicted octanol–water partition coefficient (Wildman–Crippen LogP) is 1.95. The molecule has 5 nitrogen and oxygen atoms in total. The van der Waals surface area contributed by atoms with Gasteiger partial charge in [-0.3, -0.25) is 0 Å². The molecule has 1 aliphatic heterocycles. The van der Waals surface area contributed by atoms with Gasteiger partial charge in [-0.05, 0) is 13.8 Å². The van der Waals surface area contributed by atoms with Gasteiger partial charge < -0.3 is 24.7 Å². The van der Waals surface area contributed by atoms with Crippen LogP contribution in [0.15, 0.2) is 6.07 Å². The zero-order valence-corrected chi connectivity index (χ0v) is 10.2. The third kappa shape index (κ3) is 1.50. The normalized spacial score (nSPS) is 16.4. The highest BCUT2D eigenvalue weighted by Gasteiger charge is 2.40. The zero-order valence-electron chi connectivity index (χ0n) is 10.2. The van der Waals surface area contributed by atoms with Gasteiger partial charge in [0.15, 0.2) is 11.5 Å². The topological polar surface area (TPSA) is 71.8 Å². The van der Waals surface area contributed by atoms with Crippen LogP contribution in [-0.2, 0) is 0 Å². The van der Waals surface area contributed by atoms with Crippen LogP contribution >= 0.6 is 0 Å². The minimum absolute atomic E-state index is 0.113. The molecular weight excluding hydrogens is 222 g/mol. The number of ether oxygens (including phenoxy) is 3. The van der Waals surface area contributed by atoms with E-state index >= 15 is 0 Å². The molecule has 0 atom stereocenters. The van der Waals surface area contributed by atoms with E-state index in [-0.39, 0.29) is 17.2 Å². The van der Waals surface area contributed by atoms with E-state index in [1.54, 1.807) is 19.9 Å². The summed E-state index contributed by atoms with van der Waals surface area (Å²) in [4.78, 5) is 0. The van der Waals surface area contributed by atoms with Crippen LogP contribution < -0.4 is 14.2 Å². The van der Waals surface area contributed by atoms with Crippen molar-refractivity contribution in [2.75, 3.05) is 14.2 Å². The summed E-state index contributed by atoms with van der Waals surface area (Å²) in [5.41, 5.74) is -0.157. The highest BCUT2D eigenvalue weighted by Crippen LogP contribution is 2.49. The molecule has 0 radical (unpaired) electrons. The number of phenolic OH excluding ortho intramolecular Hbond substituents is 1. The van der Waals surface area contributed by atoms with E-state index in [0.29, 0.717) is 17.1 Å². The van der Waals surface area contributed by atoms with Crippen LogP contribution in [0.3, 0.4) is 0 Å². The third-order valence-electron chi connectivity index (χ3n) is 2.83. The number of rotatable bonds is 2. The Morgan fingerprint density at radius 1 is 1.29 bits per heavy atom. The Morgan fingerprint density at radius 2 is 1.94 bits per heavy atom. The summed E-state index contributed by atoms with van der Waals surface area (Å²) in [6, 6.07) is 1.62. The van der Waals surface area contributed by atoms with E-state index in [4.69, 9.17) is 19.6 Å². The molecule has 2 rings (SSSR count). The van der Waals surface area contributed by atoms with Gasteiger partial charge in [0, 0.05) is 6.07 Å². The van der Waals surface area contributed by atoms with E-state index in [0.717, 1.165) is 0 Å². The van der Waals surface area contributed by atoms with E-state index in [1.165, 1.54) is 14.2 Å². The van der Waals surface area contributed by atoms with E-state index in [9.17, 15) is 5.11 Å². The van der Waals surface area contributed by atoms with Crippen molar-refractivity contribution in [3.05, 3.63) is 11.6 Å². The first-order valence-corrected chi connectivity index (χ1v) is 5.18. The van der Waals surface area contributed by atoms with Gasteiger partial charge in [-0.2, -0.15) is 0 Å². The number of benzene rings is 1. The summed E-state index contributed by atoms with van der Waals surface area (Å²) < 4.78 is 15.8. The van der Waals surface area contributed by atoms with Crippen LogP contribution in [-0.4, -0.2) is 30.6 Å². The maximum atomic E-state index is 10.1. The molecule has 0 amide bonds. The summed E-state index contributed by atoms with van der Waals surface area (Å²) in [7, 11) is 2.92. The quantitative estimate of drug-likeness (QED) is 0.824. The van der Waals surface area contributed by atoms with Gasteiger partial charge in [-0.1, -0.05) is 0 Å². The molecule has 0 aliphatic carbocycles. The molecule has 0 unspecified atom stereocenters.